The smallest absolute Gasteiger partial charge is 0.126 e. The molecule has 2 heterocycles. The van der Waals surface area contributed by atoms with Crippen molar-refractivity contribution in [3.05, 3.63) is 53.7 Å². The number of hydrogen-bond acceptors (Lipinski definition) is 3. The normalized spacial score (nSPS) is 17.4. The SMILES string of the molecule is Cc1cccc(NC2COc3ccccc32)n1. The molecule has 0 radical (unpaired) electrons. The number of rotatable bonds is 2. The van der Waals surface area contributed by atoms with Crippen molar-refractivity contribution in [3.63, 3.8) is 0 Å². The lowest BCUT2D eigenvalue weighted by atomic mass is 10.1. The maximum Gasteiger partial charge on any atom is 0.126 e. The molecule has 0 spiro atoms. The second-order valence-electron chi connectivity index (χ2n) is 4.21. The summed E-state index contributed by atoms with van der Waals surface area (Å²) < 4.78 is 5.62. The van der Waals surface area contributed by atoms with Gasteiger partial charge in [0, 0.05) is 11.3 Å². The molecule has 0 saturated carbocycles. The van der Waals surface area contributed by atoms with Gasteiger partial charge in [-0.3, -0.25) is 0 Å². The predicted octanol–water partition coefficient (Wildman–Crippen LogP) is 2.94. The summed E-state index contributed by atoms with van der Waals surface area (Å²) in [6, 6.07) is 14.3. The number of benzene rings is 1. The van der Waals surface area contributed by atoms with Crippen LogP contribution in [0.15, 0.2) is 42.5 Å². The first-order chi connectivity index (χ1) is 8.33. The molecular formula is C14H14N2O. The summed E-state index contributed by atoms with van der Waals surface area (Å²) in [6.07, 6.45) is 0. The Morgan fingerprint density at radius 2 is 2.06 bits per heavy atom. The standard InChI is InChI=1S/C14H14N2O/c1-10-5-4-8-14(15-10)16-12-9-17-13-7-3-2-6-11(12)13/h2-8,12H,9H2,1H3,(H,15,16). The van der Waals surface area contributed by atoms with Gasteiger partial charge in [0.05, 0.1) is 6.04 Å². The van der Waals surface area contributed by atoms with E-state index in [-0.39, 0.29) is 6.04 Å². The van der Waals surface area contributed by atoms with Crippen LogP contribution >= 0.6 is 0 Å². The first-order valence-electron chi connectivity index (χ1n) is 5.75. The highest BCUT2D eigenvalue weighted by atomic mass is 16.5. The first kappa shape index (κ1) is 10.1. The van der Waals surface area contributed by atoms with Crippen molar-refractivity contribution >= 4 is 5.82 Å². The molecule has 0 fully saturated rings. The number of para-hydroxylation sites is 1. The number of aryl methyl sites for hydroxylation is 1. The predicted molar refractivity (Wildman–Crippen MR) is 67.3 cm³/mol. The average Bonchev–Trinajstić information content (AvgIpc) is 2.73. The van der Waals surface area contributed by atoms with Crippen LogP contribution in [0.1, 0.15) is 17.3 Å². The summed E-state index contributed by atoms with van der Waals surface area (Å²) in [5, 5.41) is 3.40. The van der Waals surface area contributed by atoms with Crippen LogP contribution in [0, 0.1) is 6.92 Å². The quantitative estimate of drug-likeness (QED) is 0.854. The number of nitrogens with one attached hydrogen (secondary N) is 1. The number of aromatic nitrogens is 1. The summed E-state index contributed by atoms with van der Waals surface area (Å²) in [5.74, 6) is 1.87. The van der Waals surface area contributed by atoms with Crippen LogP contribution in [0.25, 0.3) is 0 Å². The fraction of sp³-hybridized carbons (Fsp3) is 0.214. The van der Waals surface area contributed by atoms with E-state index in [2.05, 4.69) is 16.4 Å². The second-order valence-corrected chi connectivity index (χ2v) is 4.21. The largest absolute Gasteiger partial charge is 0.491 e. The van der Waals surface area contributed by atoms with E-state index in [1.54, 1.807) is 0 Å². The van der Waals surface area contributed by atoms with Crippen molar-refractivity contribution in [1.29, 1.82) is 0 Å². The van der Waals surface area contributed by atoms with E-state index in [4.69, 9.17) is 4.74 Å². The third-order valence-electron chi connectivity index (χ3n) is 2.91. The van der Waals surface area contributed by atoms with E-state index < -0.39 is 0 Å². The van der Waals surface area contributed by atoms with Gasteiger partial charge in [0.25, 0.3) is 0 Å². The van der Waals surface area contributed by atoms with Crippen molar-refractivity contribution in [2.45, 2.75) is 13.0 Å². The van der Waals surface area contributed by atoms with Crippen molar-refractivity contribution < 1.29 is 4.74 Å². The third-order valence-corrected chi connectivity index (χ3v) is 2.91. The van der Waals surface area contributed by atoms with Crippen molar-refractivity contribution in [3.8, 4) is 5.75 Å². The molecular weight excluding hydrogens is 212 g/mol. The molecule has 0 amide bonds. The van der Waals surface area contributed by atoms with Gasteiger partial charge in [0.1, 0.15) is 18.2 Å². The van der Waals surface area contributed by atoms with Gasteiger partial charge >= 0.3 is 0 Å². The Labute approximate surface area is 100 Å². The second kappa shape index (κ2) is 4.09. The summed E-state index contributed by atoms with van der Waals surface area (Å²) in [4.78, 5) is 4.44. The molecule has 17 heavy (non-hydrogen) atoms. The Kier molecular flexibility index (Phi) is 2.44. The molecule has 86 valence electrons. The zero-order valence-electron chi connectivity index (χ0n) is 9.68. The van der Waals surface area contributed by atoms with Crippen molar-refractivity contribution in [1.82, 2.24) is 4.98 Å². The maximum absolute atomic E-state index is 5.62. The molecule has 3 rings (SSSR count). The molecule has 3 nitrogen and oxygen atoms in total. The van der Waals surface area contributed by atoms with Gasteiger partial charge in [-0.2, -0.15) is 0 Å². The minimum Gasteiger partial charge on any atom is -0.491 e. The highest BCUT2D eigenvalue weighted by molar-refractivity contribution is 5.46. The van der Waals surface area contributed by atoms with Gasteiger partial charge in [0.2, 0.25) is 0 Å². The molecule has 2 aromatic rings. The fourth-order valence-corrected chi connectivity index (χ4v) is 2.08. The van der Waals surface area contributed by atoms with Crippen LogP contribution in [0.5, 0.6) is 5.75 Å². The lowest BCUT2D eigenvalue weighted by molar-refractivity contribution is 0.339. The highest BCUT2D eigenvalue weighted by Gasteiger charge is 2.23. The molecule has 1 unspecified atom stereocenters. The zero-order valence-corrected chi connectivity index (χ0v) is 9.68. The summed E-state index contributed by atoms with van der Waals surface area (Å²) >= 11 is 0. The zero-order chi connectivity index (χ0) is 11.7. The topological polar surface area (TPSA) is 34.1 Å². The maximum atomic E-state index is 5.62. The molecule has 1 atom stereocenters. The molecule has 0 aliphatic carbocycles. The monoisotopic (exact) mass is 226 g/mol. The Hall–Kier alpha value is -2.03. The fourth-order valence-electron chi connectivity index (χ4n) is 2.08. The summed E-state index contributed by atoms with van der Waals surface area (Å²) in [6.45, 7) is 2.65. The van der Waals surface area contributed by atoms with E-state index in [0.29, 0.717) is 6.61 Å². The Morgan fingerprint density at radius 3 is 2.94 bits per heavy atom. The number of fused-ring (bicyclic) bond motifs is 1. The van der Waals surface area contributed by atoms with Gasteiger partial charge < -0.3 is 10.1 Å². The van der Waals surface area contributed by atoms with Crippen LogP contribution in [-0.2, 0) is 0 Å². The van der Waals surface area contributed by atoms with E-state index in [1.165, 1.54) is 5.56 Å². The van der Waals surface area contributed by atoms with Crippen molar-refractivity contribution in [2.24, 2.45) is 0 Å². The summed E-state index contributed by atoms with van der Waals surface area (Å²) in [7, 11) is 0. The minimum absolute atomic E-state index is 0.195. The van der Waals surface area contributed by atoms with Gasteiger partial charge in [-0.1, -0.05) is 24.3 Å². The van der Waals surface area contributed by atoms with Crippen LogP contribution in [0.2, 0.25) is 0 Å². The molecule has 1 N–H and O–H groups in total. The Bertz CT molecular complexity index is 539. The molecule has 1 aromatic carbocycles. The van der Waals surface area contributed by atoms with Crippen LogP contribution < -0.4 is 10.1 Å². The van der Waals surface area contributed by atoms with Crippen LogP contribution in [-0.4, -0.2) is 11.6 Å². The van der Waals surface area contributed by atoms with Gasteiger partial charge in [-0.15, -0.1) is 0 Å². The third kappa shape index (κ3) is 1.96. The van der Waals surface area contributed by atoms with Gasteiger partial charge in [-0.05, 0) is 25.1 Å². The molecule has 3 heteroatoms. The van der Waals surface area contributed by atoms with Crippen molar-refractivity contribution in [2.75, 3.05) is 11.9 Å². The number of anilines is 1. The van der Waals surface area contributed by atoms with E-state index in [1.807, 2.05) is 43.3 Å². The average molecular weight is 226 g/mol. The van der Waals surface area contributed by atoms with Crippen LogP contribution in [0.3, 0.4) is 0 Å². The lowest BCUT2D eigenvalue weighted by Gasteiger charge is -2.12. The number of hydrogen-bond donors (Lipinski definition) is 1. The van der Waals surface area contributed by atoms with Gasteiger partial charge in [0.15, 0.2) is 0 Å². The van der Waals surface area contributed by atoms with Gasteiger partial charge in [-0.25, -0.2) is 4.98 Å². The number of pyridine rings is 1. The molecule has 0 bridgehead atoms. The lowest BCUT2D eigenvalue weighted by Crippen LogP contribution is -2.12. The molecule has 1 aromatic heterocycles. The highest BCUT2D eigenvalue weighted by Crippen LogP contribution is 2.33. The Morgan fingerprint density at radius 1 is 1.18 bits per heavy atom. The molecule has 0 saturated heterocycles. The van der Waals surface area contributed by atoms with E-state index in [9.17, 15) is 0 Å². The first-order valence-corrected chi connectivity index (χ1v) is 5.75. The Balaban J connectivity index is 1.84. The van der Waals surface area contributed by atoms with E-state index >= 15 is 0 Å². The molecule has 1 aliphatic heterocycles. The van der Waals surface area contributed by atoms with E-state index in [0.717, 1.165) is 17.3 Å². The molecule has 1 aliphatic rings. The number of nitrogens with zero attached hydrogens (tertiary/aromatic N) is 1. The number of ether oxygens (including phenoxy) is 1. The minimum atomic E-state index is 0.195. The van der Waals surface area contributed by atoms with Crippen LogP contribution in [0.4, 0.5) is 5.82 Å². The summed E-state index contributed by atoms with van der Waals surface area (Å²) in [5.41, 5.74) is 2.22.